The highest BCUT2D eigenvalue weighted by atomic mass is 16.5. The number of benzene rings is 2. The number of fused-ring (bicyclic) bond motifs is 2. The molecule has 2 aromatic carbocycles. The number of hydrogen-bond donors (Lipinski definition) is 1. The number of methoxy groups -OCH3 is 3. The Morgan fingerprint density at radius 2 is 1.80 bits per heavy atom. The van der Waals surface area contributed by atoms with Gasteiger partial charge in [-0.15, -0.1) is 0 Å². The highest BCUT2D eigenvalue weighted by Crippen LogP contribution is 2.41. The number of nitrogens with one attached hydrogen (secondary N) is 1. The Morgan fingerprint density at radius 1 is 1.07 bits per heavy atom. The monoisotopic (exact) mass is 410 g/mol. The zero-order valence-electron chi connectivity index (χ0n) is 17.9. The number of aromatic nitrogens is 2. The molecule has 1 aromatic heterocycles. The van der Waals surface area contributed by atoms with Crippen LogP contribution in [0.1, 0.15) is 16.7 Å². The molecule has 0 saturated carbocycles. The summed E-state index contributed by atoms with van der Waals surface area (Å²) >= 11 is 0. The van der Waals surface area contributed by atoms with Gasteiger partial charge < -0.3 is 24.1 Å². The van der Waals surface area contributed by atoms with E-state index in [1.165, 1.54) is 30.9 Å². The van der Waals surface area contributed by atoms with Crippen molar-refractivity contribution in [2.75, 3.05) is 40.3 Å². The van der Waals surface area contributed by atoms with E-state index in [-0.39, 0.29) is 5.56 Å². The molecule has 0 saturated heterocycles. The van der Waals surface area contributed by atoms with E-state index in [9.17, 15) is 4.79 Å². The van der Waals surface area contributed by atoms with E-state index >= 15 is 0 Å². The second-order valence-electron chi connectivity index (χ2n) is 7.56. The topological polar surface area (TPSA) is 79.9 Å². The highest BCUT2D eigenvalue weighted by molar-refractivity contribution is 5.90. The van der Waals surface area contributed by atoms with Gasteiger partial charge in [0.1, 0.15) is 5.39 Å². The van der Waals surface area contributed by atoms with Crippen LogP contribution in [0.2, 0.25) is 0 Å². The van der Waals surface area contributed by atoms with Crippen molar-refractivity contribution in [2.24, 2.45) is 0 Å². The summed E-state index contributed by atoms with van der Waals surface area (Å²) in [4.78, 5) is 24.6. The van der Waals surface area contributed by atoms with Crippen LogP contribution in [0.4, 0.5) is 5.95 Å². The largest absolute Gasteiger partial charge is 0.493 e. The molecule has 30 heavy (non-hydrogen) atoms. The molecule has 1 aliphatic rings. The molecule has 8 nitrogen and oxygen atoms in total. The minimum atomic E-state index is -0.390. The molecule has 1 aliphatic heterocycles. The van der Waals surface area contributed by atoms with Crippen molar-refractivity contribution >= 4 is 16.9 Å². The van der Waals surface area contributed by atoms with Gasteiger partial charge in [0, 0.05) is 32.7 Å². The standard InChI is InChI=1S/C22H26N4O4/c1-25-11-14-7-6-13(8-15(14)12-25)10-26(2)22-23-16-9-17(28-3)19(29-4)20(30-5)18(16)21(27)24-22/h6-9H,10-12H2,1-5H3,(H,23,24,27). The maximum atomic E-state index is 12.9. The number of hydrogen-bond acceptors (Lipinski definition) is 7. The summed E-state index contributed by atoms with van der Waals surface area (Å²) < 4.78 is 16.2. The molecule has 0 amide bonds. The van der Waals surface area contributed by atoms with Gasteiger partial charge in [-0.1, -0.05) is 18.2 Å². The fraction of sp³-hybridized carbons (Fsp3) is 0.364. The van der Waals surface area contributed by atoms with Gasteiger partial charge in [0.05, 0.1) is 26.8 Å². The molecule has 0 aliphatic carbocycles. The molecule has 0 spiro atoms. The fourth-order valence-corrected chi connectivity index (χ4v) is 4.01. The van der Waals surface area contributed by atoms with Crippen LogP contribution in [0, 0.1) is 0 Å². The maximum Gasteiger partial charge on any atom is 0.286 e. The summed E-state index contributed by atoms with van der Waals surface area (Å²) in [6.45, 7) is 2.56. The predicted octanol–water partition coefficient (Wildman–Crippen LogP) is 2.53. The quantitative estimate of drug-likeness (QED) is 0.669. The van der Waals surface area contributed by atoms with Crippen molar-refractivity contribution in [3.05, 3.63) is 51.3 Å². The molecule has 0 unspecified atom stereocenters. The van der Waals surface area contributed by atoms with Crippen LogP contribution in [-0.2, 0) is 19.6 Å². The Balaban J connectivity index is 1.71. The number of ether oxygens (including phenoxy) is 3. The summed E-state index contributed by atoms with van der Waals surface area (Å²) in [5, 5.41) is 0.327. The molecule has 0 fully saturated rings. The fourth-order valence-electron chi connectivity index (χ4n) is 4.01. The molecular weight excluding hydrogens is 384 g/mol. The maximum absolute atomic E-state index is 12.9. The Kier molecular flexibility index (Phi) is 5.26. The lowest BCUT2D eigenvalue weighted by molar-refractivity contribution is 0.327. The number of nitrogens with zero attached hydrogens (tertiary/aromatic N) is 3. The first-order chi connectivity index (χ1) is 14.4. The Labute approximate surface area is 175 Å². The van der Waals surface area contributed by atoms with Gasteiger partial charge in [-0.3, -0.25) is 9.69 Å². The zero-order chi connectivity index (χ0) is 21.4. The molecule has 2 heterocycles. The molecule has 8 heteroatoms. The third kappa shape index (κ3) is 3.43. The SMILES string of the molecule is COc1cc2[nH]c(N(C)Cc3ccc4c(c3)CN(C)C4)nc(=O)c2c(OC)c1OC. The first kappa shape index (κ1) is 20.0. The lowest BCUT2D eigenvalue weighted by Gasteiger charge is -2.20. The molecule has 0 bridgehead atoms. The lowest BCUT2D eigenvalue weighted by Crippen LogP contribution is -2.23. The molecular formula is C22H26N4O4. The van der Waals surface area contributed by atoms with Crippen molar-refractivity contribution < 1.29 is 14.2 Å². The van der Waals surface area contributed by atoms with E-state index in [1.807, 2.05) is 11.9 Å². The summed E-state index contributed by atoms with van der Waals surface area (Å²) in [6, 6.07) is 8.26. The van der Waals surface area contributed by atoms with E-state index in [2.05, 4.69) is 40.1 Å². The van der Waals surface area contributed by atoms with E-state index in [1.54, 1.807) is 13.2 Å². The average molecular weight is 410 g/mol. The molecule has 158 valence electrons. The molecule has 4 rings (SSSR count). The summed E-state index contributed by atoms with van der Waals surface area (Å²) in [6.07, 6.45) is 0. The Bertz CT molecular complexity index is 1160. The minimum absolute atomic E-state index is 0.303. The van der Waals surface area contributed by atoms with Crippen LogP contribution in [0.15, 0.2) is 29.1 Å². The van der Waals surface area contributed by atoms with Crippen molar-refractivity contribution in [3.8, 4) is 17.2 Å². The Morgan fingerprint density at radius 3 is 2.50 bits per heavy atom. The predicted molar refractivity (Wildman–Crippen MR) is 116 cm³/mol. The van der Waals surface area contributed by atoms with E-state index in [0.717, 1.165) is 13.1 Å². The number of H-pyrrole nitrogens is 1. The van der Waals surface area contributed by atoms with Gasteiger partial charge in [-0.2, -0.15) is 4.98 Å². The molecule has 0 radical (unpaired) electrons. The number of aromatic amines is 1. The van der Waals surface area contributed by atoms with Gasteiger partial charge in [0.25, 0.3) is 5.56 Å². The highest BCUT2D eigenvalue weighted by Gasteiger charge is 2.21. The molecule has 1 N–H and O–H groups in total. The molecule has 3 aromatic rings. The first-order valence-electron chi connectivity index (χ1n) is 9.68. The van der Waals surface area contributed by atoms with E-state index in [0.29, 0.717) is 40.6 Å². The van der Waals surface area contributed by atoms with Crippen LogP contribution in [0.3, 0.4) is 0 Å². The normalized spacial score (nSPS) is 13.4. The second-order valence-corrected chi connectivity index (χ2v) is 7.56. The first-order valence-corrected chi connectivity index (χ1v) is 9.68. The smallest absolute Gasteiger partial charge is 0.286 e. The van der Waals surface area contributed by atoms with Crippen LogP contribution in [-0.4, -0.2) is 50.3 Å². The average Bonchev–Trinajstić information content (AvgIpc) is 3.11. The van der Waals surface area contributed by atoms with Gasteiger partial charge in [-0.05, 0) is 23.7 Å². The Hall–Kier alpha value is -3.26. The number of anilines is 1. The van der Waals surface area contributed by atoms with Crippen molar-refractivity contribution in [1.29, 1.82) is 0 Å². The van der Waals surface area contributed by atoms with Crippen LogP contribution in [0.5, 0.6) is 17.2 Å². The van der Waals surface area contributed by atoms with Gasteiger partial charge in [-0.25, -0.2) is 0 Å². The van der Waals surface area contributed by atoms with Crippen molar-refractivity contribution in [3.63, 3.8) is 0 Å². The third-order valence-corrected chi connectivity index (χ3v) is 5.43. The summed E-state index contributed by atoms with van der Waals surface area (Å²) in [7, 11) is 8.56. The number of rotatable bonds is 6. The summed E-state index contributed by atoms with van der Waals surface area (Å²) in [5.41, 5.74) is 4.07. The van der Waals surface area contributed by atoms with Gasteiger partial charge in [0.15, 0.2) is 11.5 Å². The van der Waals surface area contributed by atoms with Gasteiger partial charge in [0.2, 0.25) is 11.7 Å². The zero-order valence-corrected chi connectivity index (χ0v) is 17.9. The lowest BCUT2D eigenvalue weighted by atomic mass is 10.1. The second kappa shape index (κ2) is 7.87. The summed E-state index contributed by atoms with van der Waals surface area (Å²) in [5.74, 6) is 1.61. The van der Waals surface area contributed by atoms with Crippen molar-refractivity contribution in [2.45, 2.75) is 19.6 Å². The van der Waals surface area contributed by atoms with Crippen molar-refractivity contribution in [1.82, 2.24) is 14.9 Å². The minimum Gasteiger partial charge on any atom is -0.493 e. The van der Waals surface area contributed by atoms with Crippen LogP contribution >= 0.6 is 0 Å². The van der Waals surface area contributed by atoms with E-state index < -0.39 is 0 Å². The third-order valence-electron chi connectivity index (χ3n) is 5.43. The van der Waals surface area contributed by atoms with Crippen LogP contribution in [0.25, 0.3) is 10.9 Å². The van der Waals surface area contributed by atoms with Crippen LogP contribution < -0.4 is 24.7 Å². The van der Waals surface area contributed by atoms with Gasteiger partial charge >= 0.3 is 0 Å². The van der Waals surface area contributed by atoms with E-state index in [4.69, 9.17) is 14.2 Å². The molecule has 0 atom stereocenters.